The molecule has 0 atom stereocenters. The Kier molecular flexibility index (Phi) is 6.11. The Hall–Kier alpha value is -2.85. The van der Waals surface area contributed by atoms with E-state index in [0.717, 1.165) is 50.5 Å². The Morgan fingerprint density at radius 3 is 2.45 bits per heavy atom. The van der Waals surface area contributed by atoms with Gasteiger partial charge in [-0.3, -0.25) is 4.79 Å². The average Bonchev–Trinajstić information content (AvgIpc) is 2.78. The van der Waals surface area contributed by atoms with E-state index in [4.69, 9.17) is 4.74 Å². The van der Waals surface area contributed by atoms with Crippen molar-refractivity contribution in [2.75, 3.05) is 33.3 Å². The summed E-state index contributed by atoms with van der Waals surface area (Å²) in [5.41, 5.74) is 2.50. The molecule has 0 bridgehead atoms. The fraction of sp³-hybridized carbons (Fsp3) is 0.320. The zero-order chi connectivity index (χ0) is 20.1. The van der Waals surface area contributed by atoms with Gasteiger partial charge < -0.3 is 14.5 Å². The summed E-state index contributed by atoms with van der Waals surface area (Å²) in [6, 6.07) is 23.1. The summed E-state index contributed by atoms with van der Waals surface area (Å²) in [7, 11) is 1.68. The number of carbonyl (C=O) groups excluding carboxylic acids is 1. The molecule has 0 saturated carbocycles. The van der Waals surface area contributed by atoms with E-state index in [0.29, 0.717) is 6.42 Å². The number of fused-ring (bicyclic) bond motifs is 1. The van der Waals surface area contributed by atoms with Crippen LogP contribution < -0.4 is 9.64 Å². The average molecular weight is 390 g/mol. The Morgan fingerprint density at radius 1 is 0.931 bits per heavy atom. The van der Waals surface area contributed by atoms with Crippen LogP contribution in [-0.4, -0.2) is 44.1 Å². The fourth-order valence-electron chi connectivity index (χ4n) is 4.27. The summed E-state index contributed by atoms with van der Waals surface area (Å²) in [4.78, 5) is 16.3. The van der Waals surface area contributed by atoms with E-state index in [2.05, 4.69) is 42.5 Å². The molecule has 1 heterocycles. The highest BCUT2D eigenvalue weighted by Gasteiger charge is 2.24. The van der Waals surface area contributed by atoms with Crippen molar-refractivity contribution in [2.45, 2.75) is 19.4 Å². The number of nitrogens with one attached hydrogen (secondary N) is 1. The molecule has 0 unspecified atom stereocenters. The summed E-state index contributed by atoms with van der Waals surface area (Å²) >= 11 is 0. The molecule has 0 radical (unpaired) electrons. The maximum atomic E-state index is 12.7. The van der Waals surface area contributed by atoms with Crippen LogP contribution in [-0.2, 0) is 17.8 Å². The van der Waals surface area contributed by atoms with Gasteiger partial charge in [-0.15, -0.1) is 0 Å². The van der Waals surface area contributed by atoms with Gasteiger partial charge in [0.2, 0.25) is 5.91 Å². The zero-order valence-corrected chi connectivity index (χ0v) is 17.1. The van der Waals surface area contributed by atoms with E-state index in [9.17, 15) is 4.79 Å². The second-order valence-electron chi connectivity index (χ2n) is 7.76. The minimum atomic E-state index is 0.250. The lowest BCUT2D eigenvalue weighted by Crippen LogP contribution is -3.13. The van der Waals surface area contributed by atoms with Crippen LogP contribution >= 0.6 is 0 Å². The molecule has 0 spiro atoms. The van der Waals surface area contributed by atoms with E-state index < -0.39 is 0 Å². The van der Waals surface area contributed by atoms with Crippen molar-refractivity contribution in [1.29, 1.82) is 0 Å². The molecule has 1 saturated heterocycles. The van der Waals surface area contributed by atoms with Gasteiger partial charge >= 0.3 is 0 Å². The minimum absolute atomic E-state index is 0.250. The Morgan fingerprint density at radius 2 is 1.62 bits per heavy atom. The predicted molar refractivity (Wildman–Crippen MR) is 116 cm³/mol. The highest BCUT2D eigenvalue weighted by Crippen LogP contribution is 2.19. The summed E-state index contributed by atoms with van der Waals surface area (Å²) in [5, 5.41) is 2.65. The molecule has 4 rings (SSSR count). The number of quaternary nitrogens is 1. The van der Waals surface area contributed by atoms with Gasteiger partial charge in [-0.25, -0.2) is 0 Å². The Balaban J connectivity index is 1.30. The number of hydrogen-bond acceptors (Lipinski definition) is 2. The number of benzene rings is 3. The minimum Gasteiger partial charge on any atom is -0.496 e. The van der Waals surface area contributed by atoms with E-state index in [-0.39, 0.29) is 5.91 Å². The van der Waals surface area contributed by atoms with Crippen LogP contribution in [0, 0.1) is 0 Å². The van der Waals surface area contributed by atoms with Gasteiger partial charge in [-0.2, -0.15) is 0 Å². The third-order valence-electron chi connectivity index (χ3n) is 5.94. The molecule has 1 aliphatic heterocycles. The molecule has 29 heavy (non-hydrogen) atoms. The van der Waals surface area contributed by atoms with Crippen molar-refractivity contribution in [3.05, 3.63) is 77.9 Å². The van der Waals surface area contributed by atoms with Crippen molar-refractivity contribution >= 4 is 16.7 Å². The van der Waals surface area contributed by atoms with Crippen molar-refractivity contribution in [1.82, 2.24) is 4.90 Å². The predicted octanol–water partition coefficient (Wildman–Crippen LogP) is 2.71. The first-order valence-corrected chi connectivity index (χ1v) is 10.4. The molecular weight excluding hydrogens is 360 g/mol. The maximum absolute atomic E-state index is 12.7. The van der Waals surface area contributed by atoms with E-state index >= 15 is 0 Å². The second-order valence-corrected chi connectivity index (χ2v) is 7.76. The third kappa shape index (κ3) is 4.60. The van der Waals surface area contributed by atoms with E-state index in [1.54, 1.807) is 12.0 Å². The van der Waals surface area contributed by atoms with Gasteiger partial charge in [0.25, 0.3) is 0 Å². The van der Waals surface area contributed by atoms with Gasteiger partial charge in [0.15, 0.2) is 0 Å². The third-order valence-corrected chi connectivity index (χ3v) is 5.94. The number of ether oxygens (including phenoxy) is 1. The number of hydrogen-bond donors (Lipinski definition) is 1. The molecule has 150 valence electrons. The van der Waals surface area contributed by atoms with E-state index in [1.807, 2.05) is 29.2 Å². The number of amides is 1. The first-order chi connectivity index (χ1) is 14.2. The van der Waals surface area contributed by atoms with Crippen molar-refractivity contribution in [3.63, 3.8) is 0 Å². The van der Waals surface area contributed by atoms with Crippen molar-refractivity contribution in [3.8, 4) is 5.75 Å². The lowest BCUT2D eigenvalue weighted by Gasteiger charge is -2.32. The summed E-state index contributed by atoms with van der Waals surface area (Å²) in [6.45, 7) is 4.70. The van der Waals surface area contributed by atoms with E-state index in [1.165, 1.54) is 16.3 Å². The standard InChI is InChI=1S/C25H28N2O2/c1-29-24-12-5-3-8-21(24)13-14-25(28)27-17-15-26(16-18-27)19-22-10-6-9-20-7-2-4-11-23(20)22/h2-12H,13-19H2,1H3/p+1. The monoisotopic (exact) mass is 389 g/mol. The summed E-state index contributed by atoms with van der Waals surface area (Å²) in [6.07, 6.45) is 1.27. The van der Waals surface area contributed by atoms with Crippen molar-refractivity contribution in [2.24, 2.45) is 0 Å². The molecule has 3 aromatic carbocycles. The van der Waals surface area contributed by atoms with Crippen LogP contribution in [0.15, 0.2) is 66.7 Å². The number of nitrogens with zero attached hydrogens (tertiary/aromatic N) is 1. The SMILES string of the molecule is COc1ccccc1CCC(=O)N1CC[NH+](Cc2cccc3ccccc23)CC1. The lowest BCUT2D eigenvalue weighted by atomic mass is 10.0. The first kappa shape index (κ1) is 19.5. The molecule has 0 aliphatic carbocycles. The quantitative estimate of drug-likeness (QED) is 0.703. The Bertz CT molecular complexity index is 972. The van der Waals surface area contributed by atoms with Crippen LogP contribution in [0.25, 0.3) is 10.8 Å². The maximum Gasteiger partial charge on any atom is 0.223 e. The number of piperazine rings is 1. The van der Waals surface area contributed by atoms with Crippen LogP contribution in [0.2, 0.25) is 0 Å². The lowest BCUT2D eigenvalue weighted by molar-refractivity contribution is -0.917. The van der Waals surface area contributed by atoms with Crippen LogP contribution in [0.5, 0.6) is 5.75 Å². The molecule has 1 fully saturated rings. The molecule has 3 aromatic rings. The molecule has 4 nitrogen and oxygen atoms in total. The zero-order valence-electron chi connectivity index (χ0n) is 17.1. The number of methoxy groups -OCH3 is 1. The first-order valence-electron chi connectivity index (χ1n) is 10.4. The molecular formula is C25H29N2O2+. The molecule has 1 aliphatic rings. The number of rotatable bonds is 6. The van der Waals surface area contributed by atoms with Gasteiger partial charge in [0, 0.05) is 12.0 Å². The van der Waals surface area contributed by atoms with Crippen molar-refractivity contribution < 1.29 is 14.4 Å². The topological polar surface area (TPSA) is 34.0 Å². The number of aryl methyl sites for hydroxylation is 1. The van der Waals surface area contributed by atoms with Gasteiger partial charge in [-0.05, 0) is 28.8 Å². The van der Waals surface area contributed by atoms with Crippen LogP contribution in [0.1, 0.15) is 17.5 Å². The highest BCUT2D eigenvalue weighted by molar-refractivity contribution is 5.85. The molecule has 0 aromatic heterocycles. The Labute approximate surface area is 172 Å². The van der Waals surface area contributed by atoms with Gasteiger partial charge in [0.05, 0.1) is 33.3 Å². The summed E-state index contributed by atoms with van der Waals surface area (Å²) < 4.78 is 5.40. The highest BCUT2D eigenvalue weighted by atomic mass is 16.5. The van der Waals surface area contributed by atoms with Crippen LogP contribution in [0.3, 0.4) is 0 Å². The van der Waals surface area contributed by atoms with Crippen LogP contribution in [0.4, 0.5) is 0 Å². The smallest absolute Gasteiger partial charge is 0.223 e. The normalized spacial score (nSPS) is 14.9. The molecule has 1 N–H and O–H groups in total. The van der Waals surface area contributed by atoms with Gasteiger partial charge in [-0.1, -0.05) is 60.7 Å². The molecule has 1 amide bonds. The fourth-order valence-corrected chi connectivity index (χ4v) is 4.27. The second kappa shape index (κ2) is 9.10. The van der Waals surface area contributed by atoms with Gasteiger partial charge in [0.1, 0.15) is 12.3 Å². The number of para-hydroxylation sites is 1. The number of carbonyl (C=O) groups is 1. The largest absolute Gasteiger partial charge is 0.496 e. The molecule has 4 heteroatoms. The summed E-state index contributed by atoms with van der Waals surface area (Å²) in [5.74, 6) is 1.12.